The first-order valence-corrected chi connectivity index (χ1v) is 8.06. The number of nitrogens with zero attached hydrogens (tertiary/aromatic N) is 2. The summed E-state index contributed by atoms with van der Waals surface area (Å²) in [6.07, 6.45) is 2.71. The fourth-order valence-corrected chi connectivity index (χ4v) is 3.72. The fraction of sp³-hybridized carbons (Fsp3) is 0.647. The molecule has 3 unspecified atom stereocenters. The zero-order valence-corrected chi connectivity index (χ0v) is 13.2. The number of nitrogens with two attached hydrogens (primary N) is 1. The summed E-state index contributed by atoms with van der Waals surface area (Å²) in [5, 5.41) is 0. The smallest absolute Gasteiger partial charge is 0.118 e. The molecular weight excluding hydrogens is 262 g/mol. The molecule has 4 nitrogen and oxygen atoms in total. The van der Waals surface area contributed by atoms with Crippen LogP contribution in [0.25, 0.3) is 0 Å². The lowest BCUT2D eigenvalue weighted by molar-refractivity contribution is 0.0682. The molecule has 0 radical (unpaired) electrons. The van der Waals surface area contributed by atoms with E-state index in [1.165, 1.54) is 38.0 Å². The summed E-state index contributed by atoms with van der Waals surface area (Å²) in [7, 11) is 1.69. The van der Waals surface area contributed by atoms with Gasteiger partial charge >= 0.3 is 0 Å². The van der Waals surface area contributed by atoms with Gasteiger partial charge in [-0.05, 0) is 44.0 Å². The van der Waals surface area contributed by atoms with Crippen molar-refractivity contribution < 1.29 is 4.74 Å². The van der Waals surface area contributed by atoms with Gasteiger partial charge in [-0.25, -0.2) is 0 Å². The third-order valence-corrected chi connectivity index (χ3v) is 5.22. The predicted molar refractivity (Wildman–Crippen MR) is 85.6 cm³/mol. The Balaban J connectivity index is 1.64. The molecule has 2 aliphatic rings. The second-order valence-electron chi connectivity index (χ2n) is 6.37. The average molecular weight is 289 g/mol. The second-order valence-corrected chi connectivity index (χ2v) is 6.37. The number of piperazine rings is 1. The van der Waals surface area contributed by atoms with Gasteiger partial charge in [-0.15, -0.1) is 0 Å². The summed E-state index contributed by atoms with van der Waals surface area (Å²) in [6.45, 7) is 7.06. The van der Waals surface area contributed by atoms with Crippen molar-refractivity contribution in [3.8, 4) is 5.75 Å². The molecule has 2 saturated heterocycles. The van der Waals surface area contributed by atoms with Gasteiger partial charge in [0.1, 0.15) is 5.75 Å². The first-order chi connectivity index (χ1) is 10.2. The molecule has 2 N–H and O–H groups in total. The van der Waals surface area contributed by atoms with E-state index in [0.29, 0.717) is 6.04 Å². The van der Waals surface area contributed by atoms with E-state index in [4.69, 9.17) is 10.5 Å². The predicted octanol–water partition coefficient (Wildman–Crippen LogP) is 1.86. The van der Waals surface area contributed by atoms with E-state index in [1.807, 2.05) is 12.1 Å². The summed E-state index contributed by atoms with van der Waals surface area (Å²) < 4.78 is 5.22. The minimum absolute atomic E-state index is 0.0591. The molecular formula is C17H27N3O. The second kappa shape index (κ2) is 6.34. The van der Waals surface area contributed by atoms with Gasteiger partial charge in [0.25, 0.3) is 0 Å². The first kappa shape index (κ1) is 14.8. The molecule has 2 fully saturated rings. The van der Waals surface area contributed by atoms with Crippen LogP contribution in [0.5, 0.6) is 5.75 Å². The molecule has 21 heavy (non-hydrogen) atoms. The Kier molecular flexibility index (Phi) is 4.48. The summed E-state index contributed by atoms with van der Waals surface area (Å²) in [4.78, 5) is 5.21. The molecule has 0 aromatic heterocycles. The molecule has 3 rings (SSSR count). The standard InChI is InChI=1S/C17H27N3O/c1-13(17(18)14-5-7-16(21-2)8-6-14)20-11-10-19-9-3-4-15(19)12-20/h5-8,13,15,17H,3-4,9-12,18H2,1-2H3. The highest BCUT2D eigenvalue weighted by Crippen LogP contribution is 2.26. The maximum Gasteiger partial charge on any atom is 0.118 e. The van der Waals surface area contributed by atoms with E-state index in [9.17, 15) is 0 Å². The number of fused-ring (bicyclic) bond motifs is 1. The van der Waals surface area contributed by atoms with Crippen molar-refractivity contribution in [3.05, 3.63) is 29.8 Å². The van der Waals surface area contributed by atoms with Gasteiger partial charge in [0.15, 0.2) is 0 Å². The highest BCUT2D eigenvalue weighted by Gasteiger charge is 2.33. The largest absolute Gasteiger partial charge is 0.497 e. The van der Waals surface area contributed by atoms with Crippen LogP contribution in [0.4, 0.5) is 0 Å². The Labute approximate surface area is 127 Å². The van der Waals surface area contributed by atoms with Crippen molar-refractivity contribution in [1.82, 2.24) is 9.80 Å². The van der Waals surface area contributed by atoms with Crippen molar-refractivity contribution in [1.29, 1.82) is 0 Å². The summed E-state index contributed by atoms with van der Waals surface area (Å²) in [6, 6.07) is 9.36. The van der Waals surface area contributed by atoms with Crippen LogP contribution >= 0.6 is 0 Å². The number of hydrogen-bond acceptors (Lipinski definition) is 4. The highest BCUT2D eigenvalue weighted by atomic mass is 16.5. The van der Waals surface area contributed by atoms with Crippen LogP contribution in [0.3, 0.4) is 0 Å². The van der Waals surface area contributed by atoms with E-state index in [1.54, 1.807) is 7.11 Å². The third kappa shape index (κ3) is 3.07. The molecule has 1 aromatic rings. The summed E-state index contributed by atoms with van der Waals surface area (Å²) >= 11 is 0. The van der Waals surface area contributed by atoms with Gasteiger partial charge in [-0.1, -0.05) is 12.1 Å². The zero-order valence-electron chi connectivity index (χ0n) is 13.2. The average Bonchev–Trinajstić information content (AvgIpc) is 3.01. The zero-order chi connectivity index (χ0) is 14.8. The quantitative estimate of drug-likeness (QED) is 0.919. The van der Waals surface area contributed by atoms with Crippen molar-refractivity contribution in [2.24, 2.45) is 5.73 Å². The monoisotopic (exact) mass is 289 g/mol. The van der Waals surface area contributed by atoms with E-state index in [0.717, 1.165) is 18.3 Å². The van der Waals surface area contributed by atoms with Crippen LogP contribution in [-0.2, 0) is 0 Å². The molecule has 0 saturated carbocycles. The SMILES string of the molecule is COc1ccc(C(N)C(C)N2CCN3CCCC3C2)cc1. The topological polar surface area (TPSA) is 41.7 Å². The molecule has 0 aliphatic carbocycles. The number of rotatable bonds is 4. The van der Waals surface area contributed by atoms with Gasteiger partial charge in [0.05, 0.1) is 7.11 Å². The maximum absolute atomic E-state index is 6.50. The Morgan fingerprint density at radius 3 is 2.67 bits per heavy atom. The van der Waals surface area contributed by atoms with Gasteiger partial charge in [0, 0.05) is 37.8 Å². The number of benzene rings is 1. The minimum Gasteiger partial charge on any atom is -0.497 e. The van der Waals surface area contributed by atoms with Crippen LogP contribution in [0.15, 0.2) is 24.3 Å². The van der Waals surface area contributed by atoms with E-state index in [2.05, 4.69) is 28.9 Å². The van der Waals surface area contributed by atoms with Crippen molar-refractivity contribution in [2.75, 3.05) is 33.3 Å². The summed E-state index contributed by atoms with van der Waals surface area (Å²) in [5.74, 6) is 0.887. The number of methoxy groups -OCH3 is 1. The number of hydrogen-bond donors (Lipinski definition) is 1. The van der Waals surface area contributed by atoms with Gasteiger partial charge in [0.2, 0.25) is 0 Å². The van der Waals surface area contributed by atoms with E-state index >= 15 is 0 Å². The number of ether oxygens (including phenoxy) is 1. The van der Waals surface area contributed by atoms with Gasteiger partial charge in [-0.2, -0.15) is 0 Å². The fourth-order valence-electron chi connectivity index (χ4n) is 3.72. The molecule has 0 amide bonds. The van der Waals surface area contributed by atoms with E-state index < -0.39 is 0 Å². The minimum atomic E-state index is 0.0591. The molecule has 4 heteroatoms. The third-order valence-electron chi connectivity index (χ3n) is 5.22. The molecule has 116 valence electrons. The van der Waals surface area contributed by atoms with Gasteiger partial charge < -0.3 is 10.5 Å². The van der Waals surface area contributed by atoms with Crippen LogP contribution in [0, 0.1) is 0 Å². The normalized spacial score (nSPS) is 26.3. The van der Waals surface area contributed by atoms with Crippen LogP contribution in [0.1, 0.15) is 31.4 Å². The van der Waals surface area contributed by atoms with Crippen molar-refractivity contribution in [2.45, 2.75) is 37.9 Å². The van der Waals surface area contributed by atoms with Gasteiger partial charge in [-0.3, -0.25) is 9.80 Å². The summed E-state index contributed by atoms with van der Waals surface area (Å²) in [5.41, 5.74) is 7.69. The molecule has 0 spiro atoms. The Hall–Kier alpha value is -1.10. The Morgan fingerprint density at radius 2 is 1.95 bits per heavy atom. The lowest BCUT2D eigenvalue weighted by Gasteiger charge is -2.42. The van der Waals surface area contributed by atoms with Crippen LogP contribution in [0.2, 0.25) is 0 Å². The molecule has 2 aliphatic heterocycles. The molecule has 2 heterocycles. The molecule has 3 atom stereocenters. The first-order valence-electron chi connectivity index (χ1n) is 8.06. The molecule has 0 bridgehead atoms. The maximum atomic E-state index is 6.50. The van der Waals surface area contributed by atoms with Crippen molar-refractivity contribution in [3.63, 3.8) is 0 Å². The lowest BCUT2D eigenvalue weighted by Crippen LogP contribution is -2.54. The van der Waals surface area contributed by atoms with Crippen molar-refractivity contribution >= 4 is 0 Å². The van der Waals surface area contributed by atoms with Crippen LogP contribution in [-0.4, -0.2) is 55.2 Å². The molecule has 1 aromatic carbocycles. The Morgan fingerprint density at radius 1 is 1.19 bits per heavy atom. The van der Waals surface area contributed by atoms with E-state index in [-0.39, 0.29) is 6.04 Å². The van der Waals surface area contributed by atoms with Crippen LogP contribution < -0.4 is 10.5 Å². The highest BCUT2D eigenvalue weighted by molar-refractivity contribution is 5.29. The Bertz CT molecular complexity index is 462. The lowest BCUT2D eigenvalue weighted by atomic mass is 9.98.